The Morgan fingerprint density at radius 3 is 3.11 bits per heavy atom. The molecule has 1 aliphatic heterocycles. The van der Waals surface area contributed by atoms with Crippen LogP contribution in [0.4, 0.5) is 5.82 Å². The maximum atomic E-state index is 4.44. The van der Waals surface area contributed by atoms with Gasteiger partial charge in [-0.2, -0.15) is 5.10 Å². The molecule has 1 N–H and O–H groups in total. The minimum Gasteiger partial charge on any atom is -0.365 e. The molecule has 1 fully saturated rings. The summed E-state index contributed by atoms with van der Waals surface area (Å²) in [4.78, 5) is 6.83. The number of anilines is 1. The van der Waals surface area contributed by atoms with Crippen LogP contribution in [0, 0.1) is 5.92 Å². The number of fused-ring (bicyclic) bond motifs is 1. The fourth-order valence-corrected chi connectivity index (χ4v) is 2.71. The zero-order chi connectivity index (χ0) is 12.5. The van der Waals surface area contributed by atoms with Crippen molar-refractivity contribution in [3.63, 3.8) is 0 Å². The van der Waals surface area contributed by atoms with E-state index < -0.39 is 0 Å². The Morgan fingerprint density at radius 2 is 2.28 bits per heavy atom. The Kier molecular flexibility index (Phi) is 2.91. The van der Waals surface area contributed by atoms with Crippen molar-refractivity contribution in [3.8, 4) is 0 Å². The molecule has 0 aliphatic carbocycles. The number of piperidine rings is 1. The number of nitrogens with one attached hydrogen (secondary N) is 1. The molecular formula is C13H19N5. The molecule has 18 heavy (non-hydrogen) atoms. The van der Waals surface area contributed by atoms with Crippen molar-refractivity contribution < 1.29 is 0 Å². The molecule has 2 unspecified atom stereocenters. The van der Waals surface area contributed by atoms with Crippen LogP contribution in [0.25, 0.3) is 5.52 Å². The van der Waals surface area contributed by atoms with Crippen molar-refractivity contribution >= 4 is 11.3 Å². The van der Waals surface area contributed by atoms with Gasteiger partial charge in [-0.15, -0.1) is 0 Å². The number of likely N-dealkylation sites (tertiary alicyclic amines) is 1. The molecule has 1 saturated heterocycles. The van der Waals surface area contributed by atoms with Gasteiger partial charge in [-0.05, 0) is 32.0 Å². The molecule has 3 rings (SSSR count). The van der Waals surface area contributed by atoms with E-state index in [1.807, 2.05) is 16.8 Å². The maximum Gasteiger partial charge on any atom is 0.152 e. The molecule has 5 heteroatoms. The van der Waals surface area contributed by atoms with Gasteiger partial charge in [-0.3, -0.25) is 0 Å². The van der Waals surface area contributed by atoms with Crippen LogP contribution >= 0.6 is 0 Å². The first-order chi connectivity index (χ1) is 8.74. The standard InChI is InChI=1S/C13H19N5/c1-10-9-17(2)7-4-11(10)16-13-12-3-5-15-18(12)8-6-14-13/h3,5-6,8,10-11H,4,7,9H2,1-2H3,(H,14,16). The minimum absolute atomic E-state index is 0.495. The van der Waals surface area contributed by atoms with Crippen molar-refractivity contribution in [1.29, 1.82) is 0 Å². The lowest BCUT2D eigenvalue weighted by atomic mass is 9.94. The van der Waals surface area contributed by atoms with Gasteiger partial charge in [0.05, 0.1) is 6.20 Å². The summed E-state index contributed by atoms with van der Waals surface area (Å²) >= 11 is 0. The predicted octanol–water partition coefficient (Wildman–Crippen LogP) is 1.48. The second-order valence-electron chi connectivity index (χ2n) is 5.22. The van der Waals surface area contributed by atoms with Gasteiger partial charge in [0.15, 0.2) is 5.82 Å². The van der Waals surface area contributed by atoms with Gasteiger partial charge in [0.25, 0.3) is 0 Å². The fourth-order valence-electron chi connectivity index (χ4n) is 2.71. The topological polar surface area (TPSA) is 45.5 Å². The molecule has 0 radical (unpaired) electrons. The molecule has 1 aliphatic rings. The SMILES string of the molecule is CC1CN(C)CCC1Nc1nccn2nccc12. The van der Waals surface area contributed by atoms with Crippen molar-refractivity contribution in [2.24, 2.45) is 5.92 Å². The summed E-state index contributed by atoms with van der Waals surface area (Å²) in [5, 5.41) is 7.81. The number of rotatable bonds is 2. The predicted molar refractivity (Wildman–Crippen MR) is 71.7 cm³/mol. The van der Waals surface area contributed by atoms with Crippen molar-refractivity contribution in [2.45, 2.75) is 19.4 Å². The lowest BCUT2D eigenvalue weighted by Crippen LogP contribution is -2.43. The van der Waals surface area contributed by atoms with Gasteiger partial charge < -0.3 is 10.2 Å². The molecule has 5 nitrogen and oxygen atoms in total. The summed E-state index contributed by atoms with van der Waals surface area (Å²) in [5.74, 6) is 1.57. The van der Waals surface area contributed by atoms with Crippen LogP contribution in [0.1, 0.15) is 13.3 Å². The second kappa shape index (κ2) is 4.57. The zero-order valence-corrected chi connectivity index (χ0v) is 10.9. The lowest BCUT2D eigenvalue weighted by Gasteiger charge is -2.35. The average molecular weight is 245 g/mol. The smallest absolute Gasteiger partial charge is 0.152 e. The monoisotopic (exact) mass is 245 g/mol. The maximum absolute atomic E-state index is 4.44. The highest BCUT2D eigenvalue weighted by Gasteiger charge is 2.24. The first-order valence-electron chi connectivity index (χ1n) is 6.47. The van der Waals surface area contributed by atoms with Gasteiger partial charge in [0.1, 0.15) is 5.52 Å². The highest BCUT2D eigenvalue weighted by Crippen LogP contribution is 2.21. The van der Waals surface area contributed by atoms with E-state index >= 15 is 0 Å². The second-order valence-corrected chi connectivity index (χ2v) is 5.22. The highest BCUT2D eigenvalue weighted by molar-refractivity contribution is 5.67. The Bertz CT molecular complexity index is 535. The molecule has 3 heterocycles. The van der Waals surface area contributed by atoms with E-state index in [1.54, 1.807) is 12.4 Å². The number of aromatic nitrogens is 3. The summed E-state index contributed by atoms with van der Waals surface area (Å²) < 4.78 is 1.86. The van der Waals surface area contributed by atoms with Crippen molar-refractivity contribution in [3.05, 3.63) is 24.7 Å². The normalized spacial score (nSPS) is 25.4. The molecule has 2 aromatic heterocycles. The van der Waals surface area contributed by atoms with Crippen LogP contribution in [-0.2, 0) is 0 Å². The number of nitrogens with zero attached hydrogens (tertiary/aromatic N) is 4. The van der Waals surface area contributed by atoms with Gasteiger partial charge in [-0.1, -0.05) is 6.92 Å². The molecular weight excluding hydrogens is 226 g/mol. The van der Waals surface area contributed by atoms with E-state index in [0.717, 1.165) is 30.8 Å². The van der Waals surface area contributed by atoms with E-state index in [2.05, 4.69) is 34.3 Å². The Morgan fingerprint density at radius 1 is 1.39 bits per heavy atom. The molecule has 2 aromatic rings. The van der Waals surface area contributed by atoms with Crippen LogP contribution in [0.2, 0.25) is 0 Å². The van der Waals surface area contributed by atoms with Gasteiger partial charge in [0.2, 0.25) is 0 Å². The molecule has 96 valence electrons. The molecule has 0 spiro atoms. The molecule has 0 saturated carbocycles. The van der Waals surface area contributed by atoms with E-state index in [1.165, 1.54) is 0 Å². The third-order valence-electron chi connectivity index (χ3n) is 3.75. The summed E-state index contributed by atoms with van der Waals surface area (Å²) in [5.41, 5.74) is 1.05. The van der Waals surface area contributed by atoms with Gasteiger partial charge >= 0.3 is 0 Å². The quantitative estimate of drug-likeness (QED) is 0.870. The molecule has 0 aromatic carbocycles. The number of hydrogen-bond donors (Lipinski definition) is 1. The van der Waals surface area contributed by atoms with Crippen LogP contribution in [0.3, 0.4) is 0 Å². The van der Waals surface area contributed by atoms with E-state index in [9.17, 15) is 0 Å². The zero-order valence-electron chi connectivity index (χ0n) is 10.9. The van der Waals surface area contributed by atoms with E-state index in [-0.39, 0.29) is 0 Å². The van der Waals surface area contributed by atoms with Gasteiger partial charge in [0, 0.05) is 25.0 Å². The Labute approximate surface area is 107 Å². The van der Waals surface area contributed by atoms with E-state index in [4.69, 9.17) is 0 Å². The van der Waals surface area contributed by atoms with Crippen LogP contribution < -0.4 is 5.32 Å². The first kappa shape index (κ1) is 11.5. The molecule has 2 atom stereocenters. The summed E-state index contributed by atoms with van der Waals surface area (Å²) in [6.07, 6.45) is 6.63. The summed E-state index contributed by atoms with van der Waals surface area (Å²) in [6, 6.07) is 2.49. The van der Waals surface area contributed by atoms with Crippen LogP contribution in [0.15, 0.2) is 24.7 Å². The average Bonchev–Trinajstić information content (AvgIpc) is 2.82. The molecule has 0 bridgehead atoms. The van der Waals surface area contributed by atoms with Crippen molar-refractivity contribution in [1.82, 2.24) is 19.5 Å². The molecule has 0 amide bonds. The summed E-state index contributed by atoms with van der Waals surface area (Å²) in [6.45, 7) is 4.58. The number of hydrogen-bond acceptors (Lipinski definition) is 4. The third kappa shape index (κ3) is 2.06. The van der Waals surface area contributed by atoms with Crippen molar-refractivity contribution in [2.75, 3.05) is 25.5 Å². The Balaban J connectivity index is 1.82. The lowest BCUT2D eigenvalue weighted by molar-refractivity contribution is 0.206. The largest absolute Gasteiger partial charge is 0.365 e. The highest BCUT2D eigenvalue weighted by atomic mass is 15.2. The minimum atomic E-state index is 0.495. The van der Waals surface area contributed by atoms with Crippen LogP contribution in [0.5, 0.6) is 0 Å². The first-order valence-corrected chi connectivity index (χ1v) is 6.47. The Hall–Kier alpha value is -1.62. The van der Waals surface area contributed by atoms with E-state index in [0.29, 0.717) is 12.0 Å². The van der Waals surface area contributed by atoms with Gasteiger partial charge in [-0.25, -0.2) is 9.50 Å². The fraction of sp³-hybridized carbons (Fsp3) is 0.538. The van der Waals surface area contributed by atoms with Crippen LogP contribution in [-0.4, -0.2) is 45.7 Å². The third-order valence-corrected chi connectivity index (χ3v) is 3.75. The summed E-state index contributed by atoms with van der Waals surface area (Å²) in [7, 11) is 2.18.